The van der Waals surface area contributed by atoms with Gasteiger partial charge in [0.2, 0.25) is 5.91 Å². The lowest BCUT2D eigenvalue weighted by molar-refractivity contribution is -0.113. The Morgan fingerprint density at radius 1 is 1.21 bits per heavy atom. The second-order valence-corrected chi connectivity index (χ2v) is 8.38. The van der Waals surface area contributed by atoms with Crippen molar-refractivity contribution in [1.29, 1.82) is 0 Å². The highest BCUT2D eigenvalue weighted by atomic mass is 32.2. The van der Waals surface area contributed by atoms with Crippen LogP contribution < -0.4 is 10.9 Å². The summed E-state index contributed by atoms with van der Waals surface area (Å²) in [6, 6.07) is 15.5. The van der Waals surface area contributed by atoms with Gasteiger partial charge in [0.05, 0.1) is 16.7 Å². The second kappa shape index (κ2) is 7.80. The van der Waals surface area contributed by atoms with E-state index in [9.17, 15) is 9.59 Å². The van der Waals surface area contributed by atoms with E-state index in [4.69, 9.17) is 0 Å². The van der Waals surface area contributed by atoms with Crippen molar-refractivity contribution in [3.8, 4) is 0 Å². The van der Waals surface area contributed by atoms with Gasteiger partial charge < -0.3 is 5.32 Å². The van der Waals surface area contributed by atoms with Gasteiger partial charge in [0.1, 0.15) is 0 Å². The van der Waals surface area contributed by atoms with Crippen molar-refractivity contribution in [3.63, 3.8) is 0 Å². The van der Waals surface area contributed by atoms with Gasteiger partial charge in [-0.05, 0) is 48.6 Å². The molecule has 0 bridgehead atoms. The minimum Gasteiger partial charge on any atom is -0.325 e. The van der Waals surface area contributed by atoms with Crippen LogP contribution in [-0.2, 0) is 4.79 Å². The number of hydrogen-bond donors (Lipinski definition) is 1. The number of para-hydroxylation sites is 1. The van der Waals surface area contributed by atoms with Crippen molar-refractivity contribution < 1.29 is 4.79 Å². The number of rotatable bonds is 6. The van der Waals surface area contributed by atoms with Crippen LogP contribution in [0.5, 0.6) is 0 Å². The Morgan fingerprint density at radius 2 is 2.00 bits per heavy atom. The van der Waals surface area contributed by atoms with Gasteiger partial charge in [0.25, 0.3) is 5.56 Å². The van der Waals surface area contributed by atoms with E-state index in [1.807, 2.05) is 42.5 Å². The molecule has 1 saturated carbocycles. The number of carbonyl (C=O) groups is 1. The Kier molecular flexibility index (Phi) is 5.22. The van der Waals surface area contributed by atoms with Gasteiger partial charge in [0.15, 0.2) is 5.16 Å². The minimum absolute atomic E-state index is 0.0133. The largest absolute Gasteiger partial charge is 0.325 e. The second-order valence-electron chi connectivity index (χ2n) is 7.43. The topological polar surface area (TPSA) is 64.0 Å². The summed E-state index contributed by atoms with van der Waals surface area (Å²) < 4.78 is 1.76. The van der Waals surface area contributed by atoms with Crippen LogP contribution in [0.1, 0.15) is 44.2 Å². The third-order valence-corrected chi connectivity index (χ3v) is 5.81. The summed E-state index contributed by atoms with van der Waals surface area (Å²) in [6.45, 7) is 4.25. The predicted molar refractivity (Wildman–Crippen MR) is 114 cm³/mol. The smallest absolute Gasteiger partial charge is 0.262 e. The number of anilines is 1. The number of nitrogens with zero attached hydrogens (tertiary/aromatic N) is 2. The van der Waals surface area contributed by atoms with Crippen molar-refractivity contribution >= 4 is 34.3 Å². The lowest BCUT2D eigenvalue weighted by atomic mass is 10.0. The first-order chi connectivity index (χ1) is 13.5. The summed E-state index contributed by atoms with van der Waals surface area (Å²) in [5, 5.41) is 4.20. The molecule has 28 heavy (non-hydrogen) atoms. The first kappa shape index (κ1) is 18.7. The number of hydrogen-bond acceptors (Lipinski definition) is 4. The Morgan fingerprint density at radius 3 is 2.75 bits per heavy atom. The summed E-state index contributed by atoms with van der Waals surface area (Å²) in [6.07, 6.45) is 1.98. The van der Waals surface area contributed by atoms with E-state index in [0.29, 0.717) is 22.0 Å². The third kappa shape index (κ3) is 3.97. The monoisotopic (exact) mass is 393 g/mol. The van der Waals surface area contributed by atoms with E-state index < -0.39 is 0 Å². The first-order valence-corrected chi connectivity index (χ1v) is 10.6. The average molecular weight is 394 g/mol. The highest BCUT2D eigenvalue weighted by Gasteiger charge is 2.28. The van der Waals surface area contributed by atoms with E-state index >= 15 is 0 Å². The van der Waals surface area contributed by atoms with Crippen LogP contribution in [0.2, 0.25) is 0 Å². The number of amides is 1. The summed E-state index contributed by atoms with van der Waals surface area (Å²) in [5.74, 6) is 0.514. The van der Waals surface area contributed by atoms with Crippen LogP contribution in [0.3, 0.4) is 0 Å². The Hall–Kier alpha value is -2.60. The summed E-state index contributed by atoms with van der Waals surface area (Å²) in [5.41, 5.74) is 2.64. The maximum Gasteiger partial charge on any atom is 0.262 e. The number of aromatic nitrogens is 2. The maximum absolute atomic E-state index is 12.9. The fourth-order valence-corrected chi connectivity index (χ4v) is 4.05. The zero-order valence-corrected chi connectivity index (χ0v) is 16.8. The van der Waals surface area contributed by atoms with Crippen LogP contribution in [0, 0.1) is 0 Å². The number of carbonyl (C=O) groups excluding carboxylic acids is 1. The number of fused-ring (bicyclic) bond motifs is 1. The normalized spacial score (nSPS) is 13.8. The van der Waals surface area contributed by atoms with Crippen molar-refractivity contribution in [3.05, 3.63) is 64.4 Å². The van der Waals surface area contributed by atoms with E-state index in [0.717, 1.165) is 18.5 Å². The van der Waals surface area contributed by atoms with E-state index in [-0.39, 0.29) is 23.3 Å². The van der Waals surface area contributed by atoms with Crippen molar-refractivity contribution in [2.24, 2.45) is 0 Å². The zero-order chi connectivity index (χ0) is 19.7. The quantitative estimate of drug-likeness (QED) is 0.492. The van der Waals surface area contributed by atoms with Crippen LogP contribution in [-0.4, -0.2) is 21.2 Å². The summed E-state index contributed by atoms with van der Waals surface area (Å²) >= 11 is 1.32. The summed E-state index contributed by atoms with van der Waals surface area (Å²) in [7, 11) is 0. The third-order valence-electron chi connectivity index (χ3n) is 4.86. The molecule has 4 rings (SSSR count). The van der Waals surface area contributed by atoms with Crippen LogP contribution in [0.4, 0.5) is 5.69 Å². The van der Waals surface area contributed by atoms with Crippen molar-refractivity contribution in [2.75, 3.05) is 11.1 Å². The van der Waals surface area contributed by atoms with Gasteiger partial charge in [-0.2, -0.15) is 0 Å². The maximum atomic E-state index is 12.9. The van der Waals surface area contributed by atoms with Gasteiger partial charge in [-0.15, -0.1) is 0 Å². The van der Waals surface area contributed by atoms with Crippen LogP contribution in [0.25, 0.3) is 10.9 Å². The number of thioether (sulfide) groups is 1. The van der Waals surface area contributed by atoms with E-state index in [1.165, 1.54) is 17.3 Å². The molecule has 2 aromatic carbocycles. The lowest BCUT2D eigenvalue weighted by Gasteiger charge is -2.13. The molecule has 0 unspecified atom stereocenters. The Bertz CT molecular complexity index is 1090. The molecule has 1 aliphatic rings. The van der Waals surface area contributed by atoms with Gasteiger partial charge in [-0.1, -0.05) is 49.9 Å². The molecule has 0 radical (unpaired) electrons. The molecule has 3 aromatic rings. The zero-order valence-electron chi connectivity index (χ0n) is 16.0. The highest BCUT2D eigenvalue weighted by Crippen LogP contribution is 2.36. The lowest BCUT2D eigenvalue weighted by Crippen LogP contribution is -2.23. The molecule has 1 aromatic heterocycles. The molecule has 5 nitrogen and oxygen atoms in total. The minimum atomic E-state index is -0.101. The number of nitrogens with one attached hydrogen (secondary N) is 1. The van der Waals surface area contributed by atoms with E-state index in [1.54, 1.807) is 4.57 Å². The van der Waals surface area contributed by atoms with E-state index in [2.05, 4.69) is 30.2 Å². The average Bonchev–Trinajstić information content (AvgIpc) is 3.51. The standard InChI is InChI=1S/C22H23N3O2S/c1-14(2)15-6-5-7-16(12-15)23-20(26)13-28-22-24-19-9-4-3-8-18(19)21(27)25(22)17-10-11-17/h3-9,12,14,17H,10-11,13H2,1-2H3,(H,23,26). The molecule has 144 valence electrons. The van der Waals surface area contributed by atoms with Crippen molar-refractivity contribution in [1.82, 2.24) is 9.55 Å². The Labute approximate surface area is 168 Å². The fraction of sp³-hybridized carbons (Fsp3) is 0.318. The fourth-order valence-electron chi connectivity index (χ4n) is 3.18. The molecule has 0 spiro atoms. The summed E-state index contributed by atoms with van der Waals surface area (Å²) in [4.78, 5) is 30.0. The van der Waals surface area contributed by atoms with Crippen molar-refractivity contribution in [2.45, 2.75) is 43.8 Å². The molecule has 1 aliphatic carbocycles. The van der Waals surface area contributed by atoms with Gasteiger partial charge in [-0.25, -0.2) is 4.98 Å². The van der Waals surface area contributed by atoms with Crippen LogP contribution >= 0.6 is 11.8 Å². The number of benzene rings is 2. The molecule has 1 heterocycles. The SMILES string of the molecule is CC(C)c1cccc(NC(=O)CSc2nc3ccccc3c(=O)n2C2CC2)c1. The molecular formula is C22H23N3O2S. The molecule has 0 aliphatic heterocycles. The molecule has 1 fully saturated rings. The molecule has 1 amide bonds. The van der Waals surface area contributed by atoms with Gasteiger partial charge >= 0.3 is 0 Å². The van der Waals surface area contributed by atoms with Crippen LogP contribution in [0.15, 0.2) is 58.5 Å². The molecular weight excluding hydrogens is 370 g/mol. The first-order valence-electron chi connectivity index (χ1n) is 9.57. The van der Waals surface area contributed by atoms with Gasteiger partial charge in [0, 0.05) is 11.7 Å². The molecule has 1 N–H and O–H groups in total. The molecule has 0 saturated heterocycles. The molecule has 6 heteroatoms. The van der Waals surface area contributed by atoms with Gasteiger partial charge in [-0.3, -0.25) is 14.2 Å². The molecule has 0 atom stereocenters. The predicted octanol–water partition coefficient (Wildman–Crippen LogP) is 4.59. The highest BCUT2D eigenvalue weighted by molar-refractivity contribution is 7.99. The Balaban J connectivity index is 1.52.